The van der Waals surface area contributed by atoms with E-state index in [0.29, 0.717) is 24.5 Å². The van der Waals surface area contributed by atoms with Crippen LogP contribution in [0.25, 0.3) is 0 Å². The Labute approximate surface area is 198 Å². The number of benzene rings is 2. The highest BCUT2D eigenvalue weighted by Crippen LogP contribution is 2.46. The van der Waals surface area contributed by atoms with Gasteiger partial charge in [0.15, 0.2) is 11.6 Å². The number of carbonyl (C=O) groups excluding carboxylic acids is 2. The quantitative estimate of drug-likeness (QED) is 0.606. The molecule has 1 aliphatic rings. The van der Waals surface area contributed by atoms with Crippen LogP contribution in [-0.2, 0) is 10.4 Å². The van der Waals surface area contributed by atoms with Crippen molar-refractivity contribution in [3.05, 3.63) is 64.4 Å². The fraction of sp³-hybridized carbons (Fsp3) is 0.440. The Kier molecular flexibility index (Phi) is 7.05. The molecule has 0 unspecified atom stereocenters. The molecule has 3 rings (SSSR count). The highest BCUT2D eigenvalue weighted by Gasteiger charge is 2.50. The maximum Gasteiger partial charge on any atom is 0.252 e. The molecule has 2 aromatic rings. The van der Waals surface area contributed by atoms with Crippen molar-refractivity contribution in [2.24, 2.45) is 11.3 Å². The number of phenols is 1. The lowest BCUT2D eigenvalue weighted by molar-refractivity contribution is -0.155. The number of nitrogens with one attached hydrogen (secondary N) is 1. The summed E-state index contributed by atoms with van der Waals surface area (Å²) in [6.45, 7) is 8.07. The van der Waals surface area contributed by atoms with Gasteiger partial charge in [0.05, 0.1) is 5.60 Å². The second-order valence-electron chi connectivity index (χ2n) is 9.62. The fourth-order valence-corrected chi connectivity index (χ4v) is 4.49. The Morgan fingerprint density at radius 2 is 1.79 bits per heavy atom. The van der Waals surface area contributed by atoms with Crippen LogP contribution < -0.4 is 5.32 Å². The molecule has 0 spiro atoms. The lowest BCUT2D eigenvalue weighted by Gasteiger charge is -2.51. The van der Waals surface area contributed by atoms with Crippen LogP contribution >= 0.6 is 11.6 Å². The minimum atomic E-state index is -1.14. The van der Waals surface area contributed by atoms with Crippen LogP contribution in [0.3, 0.4) is 0 Å². The third-order valence-corrected chi connectivity index (χ3v) is 6.76. The number of amides is 2. The maximum atomic E-state index is 13.4. The zero-order chi connectivity index (χ0) is 24.6. The largest absolute Gasteiger partial charge is 0.505 e. The van der Waals surface area contributed by atoms with Crippen molar-refractivity contribution >= 4 is 23.4 Å². The van der Waals surface area contributed by atoms with Gasteiger partial charge < -0.3 is 20.4 Å². The Morgan fingerprint density at radius 3 is 2.33 bits per heavy atom. The van der Waals surface area contributed by atoms with Crippen molar-refractivity contribution in [1.82, 2.24) is 10.2 Å². The molecule has 6 nitrogen and oxygen atoms in total. The number of aromatic hydroxyl groups is 1. The van der Waals surface area contributed by atoms with E-state index in [1.807, 2.05) is 27.7 Å². The molecule has 2 amide bonds. The standard InChI is InChI=1S/C25H30ClFN2O4/c1-15(2)21(28-22(31)16-5-10-19(27)20(30)13-16)23(32)29-12-11-25(33,24(3,4)14-29)17-6-8-18(26)9-7-17/h5-10,13,15,21,30,33H,11-12,14H2,1-4H3,(H,28,31)/t21-,25+/m1/s1. The monoisotopic (exact) mass is 476 g/mol. The highest BCUT2D eigenvalue weighted by atomic mass is 35.5. The summed E-state index contributed by atoms with van der Waals surface area (Å²) < 4.78 is 13.3. The molecule has 0 bridgehead atoms. The number of carbonyl (C=O) groups is 2. The summed E-state index contributed by atoms with van der Waals surface area (Å²) in [6, 6.07) is 9.54. The molecule has 3 N–H and O–H groups in total. The first-order valence-corrected chi connectivity index (χ1v) is 11.3. The van der Waals surface area contributed by atoms with Gasteiger partial charge >= 0.3 is 0 Å². The molecule has 1 aliphatic heterocycles. The minimum Gasteiger partial charge on any atom is -0.505 e. The van der Waals surface area contributed by atoms with Crippen molar-refractivity contribution < 1.29 is 24.2 Å². The zero-order valence-electron chi connectivity index (χ0n) is 19.2. The van der Waals surface area contributed by atoms with E-state index >= 15 is 0 Å². The SMILES string of the molecule is CC(C)[C@@H](NC(=O)c1ccc(F)c(O)c1)C(=O)N1CC[C@](O)(c2ccc(Cl)cc2)C(C)(C)C1. The number of rotatable bonds is 5. The molecular weight excluding hydrogens is 447 g/mol. The number of phenolic OH excluding ortho intramolecular Hbond substituents is 1. The van der Waals surface area contributed by atoms with Gasteiger partial charge in [0.25, 0.3) is 5.91 Å². The van der Waals surface area contributed by atoms with Crippen molar-refractivity contribution in [3.8, 4) is 5.75 Å². The molecule has 0 aliphatic carbocycles. The summed E-state index contributed by atoms with van der Waals surface area (Å²) in [6.07, 6.45) is 0.331. The van der Waals surface area contributed by atoms with E-state index in [9.17, 15) is 24.2 Å². The number of piperidine rings is 1. The van der Waals surface area contributed by atoms with Gasteiger partial charge in [-0.1, -0.05) is 51.4 Å². The third kappa shape index (κ3) is 4.99. The second kappa shape index (κ2) is 9.31. The topological polar surface area (TPSA) is 89.9 Å². The van der Waals surface area contributed by atoms with E-state index in [1.165, 1.54) is 6.07 Å². The Bertz CT molecular complexity index is 1040. The van der Waals surface area contributed by atoms with Crippen molar-refractivity contribution in [1.29, 1.82) is 0 Å². The number of hydrogen-bond donors (Lipinski definition) is 3. The van der Waals surface area contributed by atoms with Gasteiger partial charge in [-0.3, -0.25) is 9.59 Å². The van der Waals surface area contributed by atoms with Crippen LogP contribution in [0.5, 0.6) is 5.75 Å². The first-order valence-electron chi connectivity index (χ1n) is 10.9. The summed E-state index contributed by atoms with van der Waals surface area (Å²) in [5.41, 5.74) is -1.00. The number of hydrogen-bond acceptors (Lipinski definition) is 4. The summed E-state index contributed by atoms with van der Waals surface area (Å²) in [4.78, 5) is 27.8. The van der Waals surface area contributed by atoms with Crippen molar-refractivity contribution in [2.45, 2.75) is 45.8 Å². The highest BCUT2D eigenvalue weighted by molar-refractivity contribution is 6.30. The maximum absolute atomic E-state index is 13.4. The summed E-state index contributed by atoms with van der Waals surface area (Å²) in [7, 11) is 0. The van der Waals surface area contributed by atoms with Gasteiger partial charge in [-0.15, -0.1) is 0 Å². The van der Waals surface area contributed by atoms with E-state index < -0.39 is 34.5 Å². The molecule has 0 aromatic heterocycles. The van der Waals surface area contributed by atoms with Crippen LogP contribution in [0.4, 0.5) is 4.39 Å². The van der Waals surface area contributed by atoms with Gasteiger partial charge in [-0.05, 0) is 48.2 Å². The number of halogens is 2. The van der Waals surface area contributed by atoms with Gasteiger partial charge in [0, 0.05) is 29.1 Å². The summed E-state index contributed by atoms with van der Waals surface area (Å²) in [5.74, 6) is -2.50. The lowest BCUT2D eigenvalue weighted by atomic mass is 9.66. The molecule has 0 saturated carbocycles. The van der Waals surface area contributed by atoms with E-state index in [4.69, 9.17) is 11.6 Å². The number of aliphatic hydroxyl groups is 1. The normalized spacial score (nSPS) is 21.0. The summed E-state index contributed by atoms with van der Waals surface area (Å²) >= 11 is 6.00. The van der Waals surface area contributed by atoms with Gasteiger partial charge in [-0.2, -0.15) is 0 Å². The molecule has 0 radical (unpaired) electrons. The van der Waals surface area contributed by atoms with Crippen LogP contribution in [-0.4, -0.2) is 46.1 Å². The van der Waals surface area contributed by atoms with E-state index in [-0.39, 0.29) is 17.4 Å². The molecule has 8 heteroatoms. The molecule has 1 saturated heterocycles. The van der Waals surface area contributed by atoms with E-state index in [2.05, 4.69) is 5.32 Å². The Morgan fingerprint density at radius 1 is 1.15 bits per heavy atom. The van der Waals surface area contributed by atoms with Gasteiger partial charge in [0.2, 0.25) is 5.91 Å². The van der Waals surface area contributed by atoms with Crippen molar-refractivity contribution in [3.63, 3.8) is 0 Å². The molecule has 33 heavy (non-hydrogen) atoms. The predicted octanol–water partition coefficient (Wildman–Crippen LogP) is 4.09. The first kappa shape index (κ1) is 25.0. The Balaban J connectivity index is 1.77. The number of likely N-dealkylation sites (tertiary alicyclic amines) is 1. The van der Waals surface area contributed by atoms with Crippen LogP contribution in [0.15, 0.2) is 42.5 Å². The molecule has 2 aromatic carbocycles. The lowest BCUT2D eigenvalue weighted by Crippen LogP contribution is -2.60. The Hall–Kier alpha value is -2.64. The average molecular weight is 477 g/mol. The second-order valence-corrected chi connectivity index (χ2v) is 10.1. The first-order chi connectivity index (χ1) is 15.4. The molecule has 1 heterocycles. The number of nitrogens with zero attached hydrogens (tertiary/aromatic N) is 1. The van der Waals surface area contributed by atoms with Crippen molar-refractivity contribution in [2.75, 3.05) is 13.1 Å². The smallest absolute Gasteiger partial charge is 0.252 e. The van der Waals surface area contributed by atoms with Crippen LogP contribution in [0, 0.1) is 17.2 Å². The zero-order valence-corrected chi connectivity index (χ0v) is 20.0. The van der Waals surface area contributed by atoms with Gasteiger partial charge in [-0.25, -0.2) is 4.39 Å². The average Bonchev–Trinajstić information content (AvgIpc) is 2.75. The fourth-order valence-electron chi connectivity index (χ4n) is 4.36. The van der Waals surface area contributed by atoms with Gasteiger partial charge in [0.1, 0.15) is 6.04 Å². The summed E-state index contributed by atoms with van der Waals surface area (Å²) in [5, 5.41) is 24.4. The molecular formula is C25H30ClFN2O4. The van der Waals surface area contributed by atoms with Crippen LogP contribution in [0.2, 0.25) is 5.02 Å². The molecule has 1 fully saturated rings. The van der Waals surface area contributed by atoms with Crippen LogP contribution in [0.1, 0.15) is 50.0 Å². The third-order valence-electron chi connectivity index (χ3n) is 6.51. The molecule has 2 atom stereocenters. The van der Waals surface area contributed by atoms with E-state index in [1.54, 1.807) is 29.2 Å². The van der Waals surface area contributed by atoms with E-state index in [0.717, 1.165) is 17.7 Å². The molecule has 178 valence electrons. The minimum absolute atomic E-state index is 0.0587. The predicted molar refractivity (Wildman–Crippen MR) is 124 cm³/mol.